The fourth-order valence-electron chi connectivity index (χ4n) is 1.57. The van der Waals surface area contributed by atoms with E-state index in [0.29, 0.717) is 0 Å². The van der Waals surface area contributed by atoms with Gasteiger partial charge in [-0.2, -0.15) is 0 Å². The van der Waals surface area contributed by atoms with E-state index < -0.39 is 0 Å². The van der Waals surface area contributed by atoms with Gasteiger partial charge in [0, 0.05) is 33.8 Å². The average molecular weight is 442 g/mol. The van der Waals surface area contributed by atoms with E-state index in [1.54, 1.807) is 0 Å². The number of benzene rings is 2. The van der Waals surface area contributed by atoms with Gasteiger partial charge in [0.05, 0.1) is 0 Å². The summed E-state index contributed by atoms with van der Waals surface area (Å²) in [6.45, 7) is 0. The van der Waals surface area contributed by atoms with Crippen LogP contribution in [0.25, 0.3) is 0 Å². The van der Waals surface area contributed by atoms with Gasteiger partial charge in [-0.15, -0.1) is 0 Å². The van der Waals surface area contributed by atoms with E-state index in [4.69, 9.17) is 25.3 Å². The fraction of sp³-hybridized carbons (Fsp3) is 0.0769. The van der Waals surface area contributed by atoms with Gasteiger partial charge in [0.1, 0.15) is 0 Å². The van der Waals surface area contributed by atoms with Crippen molar-refractivity contribution in [1.82, 2.24) is 0 Å². The van der Waals surface area contributed by atoms with Gasteiger partial charge in [-0.1, -0.05) is 36.4 Å². The number of hydrogen-bond donors (Lipinski definition) is 0. The van der Waals surface area contributed by atoms with Crippen LogP contribution < -0.4 is 4.90 Å². The zero-order valence-electron chi connectivity index (χ0n) is 8.92. The molecular formula is C13H11AuNS2-2. The fourth-order valence-corrected chi connectivity index (χ4v) is 2.06. The second kappa shape index (κ2) is 7.19. The van der Waals surface area contributed by atoms with E-state index in [-0.39, 0.29) is 27.1 Å². The van der Waals surface area contributed by atoms with Crippen LogP contribution in [0.5, 0.6) is 0 Å². The first-order valence-corrected chi connectivity index (χ1v) is 5.94. The Morgan fingerprint density at radius 2 is 1.06 bits per heavy atom. The molecule has 93 valence electrons. The van der Waals surface area contributed by atoms with E-state index in [9.17, 15) is 0 Å². The first kappa shape index (κ1) is 14.7. The molecule has 4 heteroatoms. The van der Waals surface area contributed by atoms with E-state index in [2.05, 4.69) is 0 Å². The monoisotopic (exact) mass is 442 g/mol. The van der Waals surface area contributed by atoms with Gasteiger partial charge in [-0.05, 0) is 24.3 Å². The molecule has 1 radical (unpaired) electrons. The van der Waals surface area contributed by atoms with Crippen LogP contribution in [-0.4, -0.2) is 4.71 Å². The Hall–Kier alpha value is -0.320. The van der Waals surface area contributed by atoms with Gasteiger partial charge < -0.3 is 30.2 Å². The minimum atomic E-state index is -0.384. The average Bonchev–Trinajstić information content (AvgIpc) is 2.31. The molecular weight excluding hydrogens is 431 g/mol. The molecule has 0 fully saturated rings. The summed E-state index contributed by atoms with van der Waals surface area (Å²) >= 11 is 10.4. The molecule has 2 aromatic rings. The molecule has 0 bridgehead atoms. The van der Waals surface area contributed by atoms with Gasteiger partial charge in [0.15, 0.2) is 0 Å². The van der Waals surface area contributed by atoms with Crippen molar-refractivity contribution in [2.45, 2.75) is 4.71 Å². The molecule has 2 aromatic carbocycles. The summed E-state index contributed by atoms with van der Waals surface area (Å²) in [5.41, 5.74) is 2.06. The summed E-state index contributed by atoms with van der Waals surface area (Å²) in [7, 11) is 0. The molecule has 1 nitrogen and oxygen atoms in total. The molecule has 0 saturated heterocycles. The van der Waals surface area contributed by atoms with Crippen LogP contribution in [0.4, 0.5) is 11.4 Å². The SMILES string of the molecule is [Au].[S-]C([S-])N(c1ccccc1)c1ccccc1. The van der Waals surface area contributed by atoms with Crippen molar-refractivity contribution in [3.8, 4) is 0 Å². The minimum Gasteiger partial charge on any atom is -0.794 e. The van der Waals surface area contributed by atoms with Crippen LogP contribution in [0, 0.1) is 0 Å². The Morgan fingerprint density at radius 3 is 1.35 bits per heavy atom. The second-order valence-electron chi connectivity index (χ2n) is 3.35. The second-order valence-corrected chi connectivity index (χ2v) is 4.54. The molecule has 0 saturated carbocycles. The maximum absolute atomic E-state index is 5.21. The number of hydrogen-bond acceptors (Lipinski definition) is 3. The Labute approximate surface area is 129 Å². The van der Waals surface area contributed by atoms with Crippen molar-refractivity contribution >= 4 is 36.6 Å². The van der Waals surface area contributed by atoms with Crippen molar-refractivity contribution in [3.63, 3.8) is 0 Å². The van der Waals surface area contributed by atoms with Crippen molar-refractivity contribution in [3.05, 3.63) is 60.7 Å². The predicted octanol–water partition coefficient (Wildman–Crippen LogP) is 3.20. The molecule has 0 N–H and O–H groups in total. The summed E-state index contributed by atoms with van der Waals surface area (Å²) in [6, 6.07) is 19.9. The molecule has 2 rings (SSSR count). The summed E-state index contributed by atoms with van der Waals surface area (Å²) in [6.07, 6.45) is 0. The van der Waals surface area contributed by atoms with Crippen molar-refractivity contribution in [1.29, 1.82) is 0 Å². The van der Waals surface area contributed by atoms with Crippen LogP contribution in [0.1, 0.15) is 0 Å². The maximum Gasteiger partial charge on any atom is 0.0377 e. The summed E-state index contributed by atoms with van der Waals surface area (Å²) in [5, 5.41) is 0. The number of rotatable bonds is 3. The van der Waals surface area contributed by atoms with Crippen LogP contribution in [-0.2, 0) is 47.6 Å². The topological polar surface area (TPSA) is 3.24 Å². The number of para-hydroxylation sites is 2. The molecule has 0 heterocycles. The van der Waals surface area contributed by atoms with E-state index in [1.165, 1.54) is 0 Å². The maximum atomic E-state index is 5.21. The first-order chi connectivity index (χ1) is 7.79. The molecule has 0 aliphatic carbocycles. The van der Waals surface area contributed by atoms with Crippen LogP contribution in [0.2, 0.25) is 0 Å². The van der Waals surface area contributed by atoms with Gasteiger partial charge in [0.25, 0.3) is 0 Å². The minimum absolute atomic E-state index is 0. The largest absolute Gasteiger partial charge is 0.794 e. The third-order valence-electron chi connectivity index (χ3n) is 2.28. The summed E-state index contributed by atoms with van der Waals surface area (Å²) < 4.78 is -0.384. The Morgan fingerprint density at radius 1 is 0.706 bits per heavy atom. The quantitative estimate of drug-likeness (QED) is 0.531. The molecule has 0 aromatic heterocycles. The van der Waals surface area contributed by atoms with Gasteiger partial charge >= 0.3 is 0 Å². The molecule has 17 heavy (non-hydrogen) atoms. The standard InChI is InChI=1S/C13H13NS2.Au/c15-13(16)14(11-7-3-1-4-8-11)12-9-5-2-6-10-12;/h1-10,13,15-16H;/p-2. The zero-order valence-corrected chi connectivity index (χ0v) is 12.7. The molecule has 0 aliphatic heterocycles. The Bertz CT molecular complexity index is 394. The van der Waals surface area contributed by atoms with Gasteiger partial charge in [-0.25, -0.2) is 4.71 Å². The zero-order chi connectivity index (χ0) is 11.4. The molecule has 0 aliphatic rings. The van der Waals surface area contributed by atoms with Gasteiger partial charge in [0.2, 0.25) is 0 Å². The van der Waals surface area contributed by atoms with Crippen molar-refractivity contribution in [2.24, 2.45) is 0 Å². The molecule has 0 unspecified atom stereocenters. The Balaban J connectivity index is 0.00000144. The summed E-state index contributed by atoms with van der Waals surface area (Å²) in [5.74, 6) is 0. The van der Waals surface area contributed by atoms with Crippen LogP contribution in [0.15, 0.2) is 60.7 Å². The number of anilines is 2. The van der Waals surface area contributed by atoms with E-state index in [0.717, 1.165) is 11.4 Å². The molecule has 0 amide bonds. The predicted molar refractivity (Wildman–Crippen MR) is 73.5 cm³/mol. The molecule has 0 atom stereocenters. The van der Waals surface area contributed by atoms with Crippen molar-refractivity contribution < 1.29 is 22.4 Å². The van der Waals surface area contributed by atoms with Crippen LogP contribution >= 0.6 is 0 Å². The number of nitrogens with zero attached hydrogens (tertiary/aromatic N) is 1. The summed E-state index contributed by atoms with van der Waals surface area (Å²) in [4.78, 5) is 1.96. The van der Waals surface area contributed by atoms with E-state index in [1.807, 2.05) is 65.6 Å². The smallest absolute Gasteiger partial charge is 0.0377 e. The van der Waals surface area contributed by atoms with Crippen LogP contribution in [0.3, 0.4) is 0 Å². The normalized spacial score (nSPS) is 9.82. The van der Waals surface area contributed by atoms with Gasteiger partial charge in [-0.3, -0.25) is 0 Å². The molecule has 0 spiro atoms. The third-order valence-corrected chi connectivity index (χ3v) is 2.70. The first-order valence-electron chi connectivity index (χ1n) is 5.00. The van der Waals surface area contributed by atoms with E-state index >= 15 is 0 Å². The third kappa shape index (κ3) is 3.83. The Kier molecular flexibility index (Phi) is 6.23. The van der Waals surface area contributed by atoms with Crippen molar-refractivity contribution in [2.75, 3.05) is 4.90 Å².